The third-order valence-corrected chi connectivity index (χ3v) is 4.29. The lowest BCUT2D eigenvalue weighted by Crippen LogP contribution is -2.30. The lowest BCUT2D eigenvalue weighted by atomic mass is 10.2. The van der Waals surface area contributed by atoms with Crippen LogP contribution in [0.15, 0.2) is 40.8 Å². The van der Waals surface area contributed by atoms with Gasteiger partial charge >= 0.3 is 0 Å². The second-order valence-corrected chi connectivity index (χ2v) is 6.29. The average Bonchev–Trinajstić information content (AvgIpc) is 3.22. The highest BCUT2D eigenvalue weighted by molar-refractivity contribution is 7.71. The van der Waals surface area contributed by atoms with Gasteiger partial charge in [0.05, 0.1) is 13.2 Å². The van der Waals surface area contributed by atoms with Gasteiger partial charge in [0.1, 0.15) is 23.8 Å². The molecule has 1 atom stereocenters. The fourth-order valence-electron chi connectivity index (χ4n) is 2.61. The number of benzene rings is 1. The number of aryl methyl sites for hydroxylation is 1. The van der Waals surface area contributed by atoms with Crippen molar-refractivity contribution in [3.63, 3.8) is 0 Å². The second-order valence-electron chi connectivity index (χ2n) is 5.90. The van der Waals surface area contributed by atoms with Gasteiger partial charge in [0.2, 0.25) is 5.91 Å². The van der Waals surface area contributed by atoms with Crippen molar-refractivity contribution in [2.24, 2.45) is 0 Å². The highest BCUT2D eigenvalue weighted by Gasteiger charge is 2.16. The normalized spacial score (nSPS) is 12.0. The van der Waals surface area contributed by atoms with E-state index in [-0.39, 0.29) is 18.5 Å². The number of furan rings is 1. The molecule has 1 aromatic carbocycles. The Kier molecular flexibility index (Phi) is 5.22. The summed E-state index contributed by atoms with van der Waals surface area (Å²) in [6.07, 6.45) is 0. The number of aromatic amines is 1. The number of hydrogen-bond donors (Lipinski definition) is 2. The quantitative estimate of drug-likeness (QED) is 0.648. The van der Waals surface area contributed by atoms with Crippen molar-refractivity contribution in [1.82, 2.24) is 20.1 Å². The first-order valence-corrected chi connectivity index (χ1v) is 8.54. The Morgan fingerprint density at radius 1 is 1.35 bits per heavy atom. The average molecular weight is 372 g/mol. The summed E-state index contributed by atoms with van der Waals surface area (Å²) in [7, 11) is 1.61. The van der Waals surface area contributed by atoms with Gasteiger partial charge in [-0.3, -0.25) is 14.5 Å². The summed E-state index contributed by atoms with van der Waals surface area (Å²) in [5.41, 5.74) is 0.834. The van der Waals surface area contributed by atoms with Crippen LogP contribution in [-0.2, 0) is 11.3 Å². The number of H-pyrrole nitrogens is 1. The van der Waals surface area contributed by atoms with Crippen LogP contribution in [0.3, 0.4) is 0 Å². The molecule has 0 saturated carbocycles. The van der Waals surface area contributed by atoms with E-state index in [2.05, 4.69) is 15.5 Å². The number of carbonyl (C=O) groups is 1. The van der Waals surface area contributed by atoms with Crippen molar-refractivity contribution in [2.45, 2.75) is 26.4 Å². The zero-order valence-corrected chi connectivity index (χ0v) is 15.6. The van der Waals surface area contributed by atoms with Crippen molar-refractivity contribution in [3.05, 3.63) is 52.7 Å². The first-order valence-electron chi connectivity index (χ1n) is 8.13. The highest BCUT2D eigenvalue weighted by atomic mass is 32.1. The van der Waals surface area contributed by atoms with E-state index in [0.29, 0.717) is 16.4 Å². The lowest BCUT2D eigenvalue weighted by Gasteiger charge is -2.13. The van der Waals surface area contributed by atoms with Crippen molar-refractivity contribution in [3.8, 4) is 17.1 Å². The Hall–Kier alpha value is -2.87. The van der Waals surface area contributed by atoms with Crippen molar-refractivity contribution in [1.29, 1.82) is 0 Å². The van der Waals surface area contributed by atoms with E-state index in [0.717, 1.165) is 17.1 Å². The molecule has 7 nitrogen and oxygen atoms in total. The smallest absolute Gasteiger partial charge is 0.240 e. The van der Waals surface area contributed by atoms with Crippen LogP contribution in [0.5, 0.6) is 5.75 Å². The maximum Gasteiger partial charge on any atom is 0.240 e. The first-order chi connectivity index (χ1) is 12.5. The Morgan fingerprint density at radius 2 is 2.08 bits per heavy atom. The molecule has 0 bridgehead atoms. The Labute approximate surface area is 156 Å². The number of rotatable bonds is 6. The maximum atomic E-state index is 12.5. The van der Waals surface area contributed by atoms with Gasteiger partial charge in [-0.05, 0) is 62.5 Å². The maximum absolute atomic E-state index is 12.5. The first kappa shape index (κ1) is 17.9. The number of nitrogens with one attached hydrogen (secondary N) is 2. The van der Waals surface area contributed by atoms with Crippen molar-refractivity contribution in [2.75, 3.05) is 7.11 Å². The number of ether oxygens (including phenoxy) is 1. The molecule has 0 radical (unpaired) electrons. The fourth-order valence-corrected chi connectivity index (χ4v) is 2.81. The Morgan fingerprint density at radius 3 is 2.69 bits per heavy atom. The van der Waals surface area contributed by atoms with Gasteiger partial charge in [-0.25, -0.2) is 0 Å². The van der Waals surface area contributed by atoms with E-state index in [9.17, 15) is 4.79 Å². The molecule has 26 heavy (non-hydrogen) atoms. The summed E-state index contributed by atoms with van der Waals surface area (Å²) in [6.45, 7) is 3.79. The minimum atomic E-state index is -0.235. The monoisotopic (exact) mass is 372 g/mol. The molecular weight excluding hydrogens is 352 g/mol. The molecule has 0 fully saturated rings. The van der Waals surface area contributed by atoms with E-state index in [1.54, 1.807) is 11.7 Å². The highest BCUT2D eigenvalue weighted by Crippen LogP contribution is 2.21. The van der Waals surface area contributed by atoms with Gasteiger partial charge in [0.25, 0.3) is 0 Å². The molecule has 2 heterocycles. The summed E-state index contributed by atoms with van der Waals surface area (Å²) in [6, 6.07) is 10.9. The van der Waals surface area contributed by atoms with Gasteiger partial charge in [-0.1, -0.05) is 0 Å². The van der Waals surface area contributed by atoms with Crippen LogP contribution in [0, 0.1) is 11.7 Å². The third-order valence-electron chi connectivity index (χ3n) is 3.97. The fraction of sp³-hybridized carbons (Fsp3) is 0.278. The van der Waals surface area contributed by atoms with Gasteiger partial charge in [0, 0.05) is 5.56 Å². The summed E-state index contributed by atoms with van der Waals surface area (Å²) in [5, 5.41) is 9.90. The predicted octanol–water partition coefficient (Wildman–Crippen LogP) is 3.40. The molecule has 0 aliphatic carbocycles. The van der Waals surface area contributed by atoms with Crippen molar-refractivity contribution < 1.29 is 13.9 Å². The van der Waals surface area contributed by atoms with Crippen LogP contribution in [0.25, 0.3) is 11.4 Å². The molecule has 1 unspecified atom stereocenters. The largest absolute Gasteiger partial charge is 0.497 e. The number of amides is 1. The summed E-state index contributed by atoms with van der Waals surface area (Å²) < 4.78 is 12.8. The topological polar surface area (TPSA) is 85.1 Å². The second kappa shape index (κ2) is 7.57. The van der Waals surface area contributed by atoms with Crippen LogP contribution in [-0.4, -0.2) is 27.8 Å². The van der Waals surface area contributed by atoms with E-state index < -0.39 is 0 Å². The Balaban J connectivity index is 1.76. The number of nitrogens with zero attached hydrogens (tertiary/aromatic N) is 2. The number of methoxy groups -OCH3 is 1. The van der Waals surface area contributed by atoms with Gasteiger partial charge in [-0.2, -0.15) is 5.10 Å². The molecule has 0 saturated heterocycles. The minimum Gasteiger partial charge on any atom is -0.497 e. The summed E-state index contributed by atoms with van der Waals surface area (Å²) in [4.78, 5) is 12.5. The standard InChI is InChI=1S/C18H20N4O3S/c1-11-4-9-15(25-11)12(2)19-16(23)10-22-17(20-21-18(22)26)13-5-7-14(24-3)8-6-13/h4-9,12H,10H2,1-3H3,(H,19,23)(H,21,26). The molecule has 0 aliphatic heterocycles. The molecule has 136 valence electrons. The van der Waals surface area contributed by atoms with Crippen LogP contribution in [0.4, 0.5) is 0 Å². The molecular formula is C18H20N4O3S. The van der Waals surface area contributed by atoms with E-state index in [1.165, 1.54) is 0 Å². The third kappa shape index (κ3) is 3.85. The molecule has 2 aromatic heterocycles. The molecule has 1 amide bonds. The summed E-state index contributed by atoms with van der Waals surface area (Å²) >= 11 is 5.27. The zero-order chi connectivity index (χ0) is 18.7. The molecule has 3 rings (SSSR count). The lowest BCUT2D eigenvalue weighted by molar-refractivity contribution is -0.122. The number of carbonyl (C=O) groups excluding carboxylic acids is 1. The van der Waals surface area contributed by atoms with Gasteiger partial charge < -0.3 is 14.5 Å². The SMILES string of the molecule is COc1ccc(-c2n[nH]c(=S)n2CC(=O)NC(C)c2ccc(C)o2)cc1. The molecule has 0 spiro atoms. The van der Waals surface area contributed by atoms with E-state index in [4.69, 9.17) is 21.4 Å². The van der Waals surface area contributed by atoms with E-state index in [1.807, 2.05) is 50.2 Å². The minimum absolute atomic E-state index is 0.0563. The molecule has 3 aromatic rings. The van der Waals surface area contributed by atoms with Crippen LogP contribution in [0.2, 0.25) is 0 Å². The number of aromatic nitrogens is 3. The predicted molar refractivity (Wildman–Crippen MR) is 99.4 cm³/mol. The number of hydrogen-bond acceptors (Lipinski definition) is 5. The van der Waals surface area contributed by atoms with E-state index >= 15 is 0 Å². The zero-order valence-electron chi connectivity index (χ0n) is 14.8. The molecule has 2 N–H and O–H groups in total. The Bertz CT molecular complexity index is 955. The van der Waals surface area contributed by atoms with Gasteiger partial charge in [0.15, 0.2) is 10.6 Å². The van der Waals surface area contributed by atoms with Crippen LogP contribution in [0.1, 0.15) is 24.5 Å². The summed E-state index contributed by atoms with van der Waals surface area (Å²) in [5.74, 6) is 2.67. The molecule has 8 heteroatoms. The molecule has 0 aliphatic rings. The van der Waals surface area contributed by atoms with Crippen molar-refractivity contribution >= 4 is 18.1 Å². The van der Waals surface area contributed by atoms with Gasteiger partial charge in [-0.15, -0.1) is 0 Å². The van der Waals surface area contributed by atoms with Crippen LogP contribution >= 0.6 is 12.2 Å². The van der Waals surface area contributed by atoms with Crippen LogP contribution < -0.4 is 10.1 Å².